The molecule has 8 heteroatoms. The zero-order valence-electron chi connectivity index (χ0n) is 21.9. The quantitative estimate of drug-likeness (QED) is 0.556. The number of nitrogens with one attached hydrogen (secondary N) is 1. The maximum absolute atomic E-state index is 13.9. The fraction of sp³-hybridized carbons (Fsp3) is 0.448. The Balaban J connectivity index is 1.39. The zero-order chi connectivity index (χ0) is 25.8. The van der Waals surface area contributed by atoms with E-state index in [0.29, 0.717) is 36.5 Å². The first-order valence-electron chi connectivity index (χ1n) is 13.2. The summed E-state index contributed by atoms with van der Waals surface area (Å²) in [7, 11) is 0. The maximum atomic E-state index is 13.9. The van der Waals surface area contributed by atoms with Crippen LogP contribution in [0.25, 0.3) is 10.9 Å². The summed E-state index contributed by atoms with van der Waals surface area (Å²) in [4.78, 5) is 37.2. The minimum atomic E-state index is -0.546. The molecule has 3 aromatic rings. The zero-order valence-corrected chi connectivity index (χ0v) is 21.9. The molecule has 37 heavy (non-hydrogen) atoms. The van der Waals surface area contributed by atoms with Crippen LogP contribution in [0.5, 0.6) is 11.5 Å². The second kappa shape index (κ2) is 9.10. The van der Waals surface area contributed by atoms with Gasteiger partial charge >= 0.3 is 0 Å². The molecule has 2 atom stereocenters. The normalized spacial score (nSPS) is 20.9. The number of benzene rings is 2. The molecule has 1 N–H and O–H groups in total. The number of fused-ring (bicyclic) bond motifs is 5. The number of rotatable bonds is 6. The van der Waals surface area contributed by atoms with Crippen LogP contribution in [-0.4, -0.2) is 76.1 Å². The molecule has 194 valence electrons. The van der Waals surface area contributed by atoms with Crippen molar-refractivity contribution in [2.45, 2.75) is 58.3 Å². The van der Waals surface area contributed by atoms with Crippen molar-refractivity contribution in [1.29, 1.82) is 0 Å². The van der Waals surface area contributed by atoms with E-state index in [0.717, 1.165) is 34.3 Å². The SMILES string of the molecule is CC(C)N(CCN1CC(=O)N2[C@H](c3ccc4c(c3)OCO4)c3[nH]c4ccccc4c3C[C@@H]2C1=O)C(C)C. The summed E-state index contributed by atoms with van der Waals surface area (Å²) in [5, 5.41) is 1.10. The Hall–Kier alpha value is -3.52. The molecule has 0 aliphatic carbocycles. The van der Waals surface area contributed by atoms with Crippen LogP contribution in [0.15, 0.2) is 42.5 Å². The number of aromatic nitrogens is 1. The van der Waals surface area contributed by atoms with Gasteiger partial charge in [-0.1, -0.05) is 24.3 Å². The predicted molar refractivity (Wildman–Crippen MR) is 141 cm³/mol. The first-order chi connectivity index (χ1) is 17.8. The van der Waals surface area contributed by atoms with Gasteiger partial charge in [-0.3, -0.25) is 14.5 Å². The van der Waals surface area contributed by atoms with Gasteiger partial charge in [0.05, 0.1) is 12.6 Å². The monoisotopic (exact) mass is 502 g/mol. The van der Waals surface area contributed by atoms with Crippen LogP contribution >= 0.6 is 0 Å². The molecule has 3 aliphatic rings. The third kappa shape index (κ3) is 3.94. The molecule has 8 nitrogen and oxygen atoms in total. The standard InChI is InChI=1S/C29H34N4O4/c1-17(2)32(18(3)4)12-11-31-15-26(34)33-23(29(31)35)14-21-20-7-5-6-8-22(20)30-27(21)28(33)19-9-10-24-25(13-19)37-16-36-24/h5-10,13,17-18,23,28,30H,11-12,14-16H2,1-4H3/t23-,28-/m1/s1. The molecule has 4 heterocycles. The highest BCUT2D eigenvalue weighted by molar-refractivity contribution is 5.97. The minimum absolute atomic E-state index is 0.0220. The van der Waals surface area contributed by atoms with Crippen molar-refractivity contribution in [1.82, 2.24) is 19.7 Å². The smallest absolute Gasteiger partial charge is 0.246 e. The van der Waals surface area contributed by atoms with Crippen molar-refractivity contribution in [3.8, 4) is 11.5 Å². The number of piperazine rings is 1. The van der Waals surface area contributed by atoms with E-state index < -0.39 is 12.1 Å². The van der Waals surface area contributed by atoms with Crippen molar-refractivity contribution in [2.24, 2.45) is 0 Å². The molecule has 6 rings (SSSR count). The molecule has 2 aromatic carbocycles. The molecule has 1 saturated heterocycles. The largest absolute Gasteiger partial charge is 0.454 e. The summed E-state index contributed by atoms with van der Waals surface area (Å²) in [6.07, 6.45) is 0.500. The summed E-state index contributed by atoms with van der Waals surface area (Å²) in [6, 6.07) is 13.7. The molecule has 0 spiro atoms. The third-order valence-electron chi connectivity index (χ3n) is 8.01. The number of nitrogens with zero attached hydrogens (tertiary/aromatic N) is 3. The lowest BCUT2D eigenvalue weighted by Crippen LogP contribution is -2.63. The molecule has 1 fully saturated rings. The Kier molecular flexibility index (Phi) is 5.87. The molecule has 2 amide bonds. The van der Waals surface area contributed by atoms with Gasteiger partial charge in [0.25, 0.3) is 0 Å². The lowest BCUT2D eigenvalue weighted by molar-refractivity contribution is -0.158. The molecule has 1 aromatic heterocycles. The van der Waals surface area contributed by atoms with Crippen LogP contribution in [0.4, 0.5) is 0 Å². The van der Waals surface area contributed by atoms with Gasteiger partial charge in [-0.15, -0.1) is 0 Å². The first-order valence-corrected chi connectivity index (χ1v) is 13.2. The van der Waals surface area contributed by atoms with E-state index in [9.17, 15) is 9.59 Å². The van der Waals surface area contributed by atoms with E-state index >= 15 is 0 Å². The van der Waals surface area contributed by atoms with Gasteiger partial charge in [0, 0.05) is 48.2 Å². The minimum Gasteiger partial charge on any atom is -0.454 e. The van der Waals surface area contributed by atoms with Crippen LogP contribution in [0.2, 0.25) is 0 Å². The highest BCUT2D eigenvalue weighted by Gasteiger charge is 2.48. The number of hydrogen-bond acceptors (Lipinski definition) is 5. The van der Waals surface area contributed by atoms with Gasteiger partial charge in [0.2, 0.25) is 18.6 Å². The van der Waals surface area contributed by atoms with Gasteiger partial charge in [-0.05, 0) is 57.0 Å². The third-order valence-corrected chi connectivity index (χ3v) is 8.01. The number of aromatic amines is 1. The molecule has 3 aliphatic heterocycles. The van der Waals surface area contributed by atoms with Crippen LogP contribution in [0.3, 0.4) is 0 Å². The van der Waals surface area contributed by atoms with Gasteiger partial charge in [0.15, 0.2) is 11.5 Å². The van der Waals surface area contributed by atoms with E-state index in [-0.39, 0.29) is 25.2 Å². The van der Waals surface area contributed by atoms with Crippen LogP contribution in [-0.2, 0) is 16.0 Å². The fourth-order valence-corrected chi connectivity index (χ4v) is 6.29. The van der Waals surface area contributed by atoms with Gasteiger partial charge in [-0.25, -0.2) is 0 Å². The molecular weight excluding hydrogens is 468 g/mol. The number of carbonyl (C=O) groups excluding carboxylic acids is 2. The summed E-state index contributed by atoms with van der Waals surface area (Å²) in [6.45, 7) is 10.2. The summed E-state index contributed by atoms with van der Waals surface area (Å²) in [5.74, 6) is 1.35. The maximum Gasteiger partial charge on any atom is 0.246 e. The Morgan fingerprint density at radius 2 is 1.78 bits per heavy atom. The van der Waals surface area contributed by atoms with E-state index in [1.807, 2.05) is 36.4 Å². The van der Waals surface area contributed by atoms with Crippen molar-refractivity contribution in [2.75, 3.05) is 26.4 Å². The number of para-hydroxylation sites is 1. The predicted octanol–water partition coefficient (Wildman–Crippen LogP) is 3.70. The van der Waals surface area contributed by atoms with Gasteiger partial charge < -0.3 is 24.3 Å². The van der Waals surface area contributed by atoms with E-state index in [1.165, 1.54) is 0 Å². The van der Waals surface area contributed by atoms with Crippen LogP contribution in [0, 0.1) is 0 Å². The van der Waals surface area contributed by atoms with E-state index in [4.69, 9.17) is 9.47 Å². The van der Waals surface area contributed by atoms with E-state index in [1.54, 1.807) is 9.80 Å². The second-order valence-corrected chi connectivity index (χ2v) is 10.8. The number of amides is 2. The highest BCUT2D eigenvalue weighted by Crippen LogP contribution is 2.44. The summed E-state index contributed by atoms with van der Waals surface area (Å²) >= 11 is 0. The Bertz CT molecular complexity index is 1360. The van der Waals surface area contributed by atoms with Gasteiger partial charge in [-0.2, -0.15) is 0 Å². The lowest BCUT2D eigenvalue weighted by atomic mass is 9.86. The lowest BCUT2D eigenvalue weighted by Gasteiger charge is -2.47. The van der Waals surface area contributed by atoms with Crippen molar-refractivity contribution in [3.05, 3.63) is 59.3 Å². The molecule has 0 radical (unpaired) electrons. The Morgan fingerprint density at radius 3 is 2.57 bits per heavy atom. The van der Waals surface area contributed by atoms with Gasteiger partial charge in [0.1, 0.15) is 6.04 Å². The van der Waals surface area contributed by atoms with Crippen molar-refractivity contribution < 1.29 is 19.1 Å². The average Bonchev–Trinajstić information content (AvgIpc) is 3.49. The van der Waals surface area contributed by atoms with Crippen LogP contribution < -0.4 is 9.47 Å². The number of ether oxygens (including phenoxy) is 2. The first kappa shape index (κ1) is 23.9. The topological polar surface area (TPSA) is 78.1 Å². The number of hydrogen-bond donors (Lipinski definition) is 1. The Morgan fingerprint density at radius 1 is 1.03 bits per heavy atom. The summed E-state index contributed by atoms with van der Waals surface area (Å²) in [5.41, 5.74) is 3.99. The second-order valence-electron chi connectivity index (χ2n) is 10.8. The van der Waals surface area contributed by atoms with Crippen LogP contribution in [0.1, 0.15) is 50.6 Å². The van der Waals surface area contributed by atoms with Crippen molar-refractivity contribution in [3.63, 3.8) is 0 Å². The van der Waals surface area contributed by atoms with Crippen molar-refractivity contribution >= 4 is 22.7 Å². The average molecular weight is 503 g/mol. The Labute approximate surface area is 217 Å². The molecule has 0 bridgehead atoms. The molecule has 0 saturated carbocycles. The number of carbonyl (C=O) groups is 2. The number of H-pyrrole nitrogens is 1. The van der Waals surface area contributed by atoms with E-state index in [2.05, 4.69) is 43.6 Å². The fourth-order valence-electron chi connectivity index (χ4n) is 6.29. The highest BCUT2D eigenvalue weighted by atomic mass is 16.7. The molecule has 0 unspecified atom stereocenters. The summed E-state index contributed by atoms with van der Waals surface area (Å²) < 4.78 is 11.2. The molecular formula is C29H34N4O4.